The number of nitrogens with one attached hydrogen (secondary N) is 2. The van der Waals surface area contributed by atoms with Gasteiger partial charge in [0.1, 0.15) is 11.2 Å². The predicted molar refractivity (Wildman–Crippen MR) is 76.9 cm³/mol. The van der Waals surface area contributed by atoms with Gasteiger partial charge in [-0.15, -0.1) is 0 Å². The molecule has 0 saturated heterocycles. The van der Waals surface area contributed by atoms with E-state index in [0.717, 1.165) is 0 Å². The minimum atomic E-state index is -0.682. The van der Waals surface area contributed by atoms with Gasteiger partial charge in [0.25, 0.3) is 0 Å². The average molecular weight is 301 g/mol. The van der Waals surface area contributed by atoms with Crippen molar-refractivity contribution in [1.29, 1.82) is 0 Å². The van der Waals surface area contributed by atoms with Crippen LogP contribution in [0.5, 0.6) is 0 Å². The Bertz CT molecular complexity index is 528. The van der Waals surface area contributed by atoms with Crippen molar-refractivity contribution in [2.24, 2.45) is 0 Å². The number of nitrogens with zero attached hydrogens (tertiary/aromatic N) is 2. The number of hydrogen-bond donors (Lipinski definition) is 2. The SMILES string of the molecule is CC(Nc1nc(Cl)ccc1[N+](=O)[O-])C(=O)NC(C)(C)C. The van der Waals surface area contributed by atoms with Crippen LogP contribution in [0.2, 0.25) is 5.15 Å². The number of hydrogen-bond acceptors (Lipinski definition) is 5. The highest BCUT2D eigenvalue weighted by Crippen LogP contribution is 2.24. The van der Waals surface area contributed by atoms with Crippen LogP contribution in [0.3, 0.4) is 0 Å². The monoisotopic (exact) mass is 300 g/mol. The van der Waals surface area contributed by atoms with Gasteiger partial charge in [-0.05, 0) is 33.8 Å². The zero-order chi connectivity index (χ0) is 15.5. The Hall–Kier alpha value is -1.89. The first kappa shape index (κ1) is 16.2. The number of carbonyl (C=O) groups is 1. The highest BCUT2D eigenvalue weighted by Gasteiger charge is 2.23. The molecule has 110 valence electrons. The van der Waals surface area contributed by atoms with Crippen LogP contribution in [0.4, 0.5) is 11.5 Å². The van der Waals surface area contributed by atoms with Crippen molar-refractivity contribution in [2.75, 3.05) is 5.32 Å². The van der Waals surface area contributed by atoms with E-state index in [1.54, 1.807) is 6.92 Å². The quantitative estimate of drug-likeness (QED) is 0.505. The Kier molecular flexibility index (Phi) is 4.88. The molecule has 1 atom stereocenters. The fourth-order valence-corrected chi connectivity index (χ4v) is 1.58. The summed E-state index contributed by atoms with van der Waals surface area (Å²) in [5.74, 6) is -0.312. The van der Waals surface area contributed by atoms with E-state index in [1.165, 1.54) is 12.1 Å². The van der Waals surface area contributed by atoms with Gasteiger partial charge in [-0.2, -0.15) is 0 Å². The van der Waals surface area contributed by atoms with E-state index in [-0.39, 0.29) is 28.1 Å². The van der Waals surface area contributed by atoms with E-state index >= 15 is 0 Å². The molecular formula is C12H17ClN4O3. The first-order valence-electron chi connectivity index (χ1n) is 5.99. The van der Waals surface area contributed by atoms with Crippen LogP contribution in [-0.2, 0) is 4.79 Å². The third-order valence-electron chi connectivity index (χ3n) is 2.28. The zero-order valence-corrected chi connectivity index (χ0v) is 12.5. The van der Waals surface area contributed by atoms with E-state index in [2.05, 4.69) is 15.6 Å². The van der Waals surface area contributed by atoms with Crippen molar-refractivity contribution in [3.05, 3.63) is 27.4 Å². The van der Waals surface area contributed by atoms with Gasteiger partial charge in [-0.3, -0.25) is 14.9 Å². The Balaban J connectivity index is 2.90. The van der Waals surface area contributed by atoms with Crippen LogP contribution in [0, 0.1) is 10.1 Å². The first-order valence-corrected chi connectivity index (χ1v) is 6.37. The molecule has 1 rings (SSSR count). The molecule has 1 heterocycles. The van der Waals surface area contributed by atoms with Gasteiger partial charge >= 0.3 is 5.69 Å². The smallest absolute Gasteiger partial charge is 0.311 e. The number of nitro groups is 1. The fourth-order valence-electron chi connectivity index (χ4n) is 1.43. The number of rotatable bonds is 4. The molecular weight excluding hydrogens is 284 g/mol. The lowest BCUT2D eigenvalue weighted by Crippen LogP contribution is -2.47. The second-order valence-corrected chi connectivity index (χ2v) is 5.75. The van der Waals surface area contributed by atoms with Crippen molar-refractivity contribution in [2.45, 2.75) is 39.3 Å². The van der Waals surface area contributed by atoms with Crippen molar-refractivity contribution in [1.82, 2.24) is 10.3 Å². The summed E-state index contributed by atoms with van der Waals surface area (Å²) in [7, 11) is 0. The topological polar surface area (TPSA) is 97.2 Å². The fraction of sp³-hybridized carbons (Fsp3) is 0.500. The molecule has 0 spiro atoms. The van der Waals surface area contributed by atoms with Crippen LogP contribution >= 0.6 is 11.6 Å². The summed E-state index contributed by atoms with van der Waals surface area (Å²) in [4.78, 5) is 26.1. The molecule has 0 bridgehead atoms. The Morgan fingerprint density at radius 1 is 1.45 bits per heavy atom. The van der Waals surface area contributed by atoms with Gasteiger partial charge in [-0.25, -0.2) is 4.98 Å². The van der Waals surface area contributed by atoms with Gasteiger partial charge in [0.05, 0.1) is 4.92 Å². The van der Waals surface area contributed by atoms with Crippen LogP contribution in [0.25, 0.3) is 0 Å². The number of pyridine rings is 1. The van der Waals surface area contributed by atoms with Crippen LogP contribution in [-0.4, -0.2) is 27.4 Å². The highest BCUT2D eigenvalue weighted by molar-refractivity contribution is 6.29. The minimum absolute atomic E-state index is 0.0286. The van der Waals surface area contributed by atoms with Crippen molar-refractivity contribution < 1.29 is 9.72 Å². The Labute approximate surface area is 121 Å². The predicted octanol–water partition coefficient (Wildman–Crippen LogP) is 2.36. The number of amides is 1. The Morgan fingerprint density at radius 2 is 2.05 bits per heavy atom. The van der Waals surface area contributed by atoms with Crippen LogP contribution in [0.15, 0.2) is 12.1 Å². The summed E-state index contributed by atoms with van der Waals surface area (Å²) >= 11 is 5.72. The summed E-state index contributed by atoms with van der Waals surface area (Å²) in [5, 5.41) is 16.5. The summed E-state index contributed by atoms with van der Waals surface area (Å²) in [5.41, 5.74) is -0.620. The second kappa shape index (κ2) is 6.04. The molecule has 0 radical (unpaired) electrons. The molecule has 7 nitrogen and oxygen atoms in total. The molecule has 0 fully saturated rings. The number of carbonyl (C=O) groups excluding carboxylic acids is 1. The lowest BCUT2D eigenvalue weighted by atomic mass is 10.1. The number of aromatic nitrogens is 1. The van der Waals surface area contributed by atoms with Gasteiger partial charge in [0.2, 0.25) is 11.7 Å². The summed E-state index contributed by atoms with van der Waals surface area (Å²) in [6, 6.07) is 1.88. The highest BCUT2D eigenvalue weighted by atomic mass is 35.5. The van der Waals surface area contributed by atoms with Gasteiger partial charge < -0.3 is 10.6 Å². The number of halogens is 1. The molecule has 0 aliphatic heterocycles. The third-order valence-corrected chi connectivity index (χ3v) is 2.49. The first-order chi connectivity index (χ1) is 9.10. The summed E-state index contributed by atoms with van der Waals surface area (Å²) < 4.78 is 0. The standard InChI is InChI=1S/C12H17ClN4O3/c1-7(11(18)16-12(2,3)4)14-10-8(17(19)20)5-6-9(13)15-10/h5-7H,1-4H3,(H,14,15)(H,16,18). The van der Waals surface area contributed by atoms with Crippen LogP contribution in [0.1, 0.15) is 27.7 Å². The average Bonchev–Trinajstić information content (AvgIpc) is 2.26. The van der Waals surface area contributed by atoms with Gasteiger partial charge in [0, 0.05) is 11.6 Å². The largest absolute Gasteiger partial charge is 0.353 e. The van der Waals surface area contributed by atoms with Crippen LogP contribution < -0.4 is 10.6 Å². The van der Waals surface area contributed by atoms with E-state index in [9.17, 15) is 14.9 Å². The molecule has 0 aliphatic rings. The molecule has 0 aromatic carbocycles. The molecule has 1 aromatic heterocycles. The number of anilines is 1. The van der Waals surface area contributed by atoms with Crippen molar-refractivity contribution in [3.63, 3.8) is 0 Å². The third kappa shape index (κ3) is 4.65. The molecule has 2 N–H and O–H groups in total. The molecule has 20 heavy (non-hydrogen) atoms. The van der Waals surface area contributed by atoms with Crippen molar-refractivity contribution in [3.8, 4) is 0 Å². The maximum atomic E-state index is 11.9. The lowest BCUT2D eigenvalue weighted by Gasteiger charge is -2.23. The lowest BCUT2D eigenvalue weighted by molar-refractivity contribution is -0.384. The van der Waals surface area contributed by atoms with Gasteiger partial charge in [0.15, 0.2) is 0 Å². The zero-order valence-electron chi connectivity index (χ0n) is 11.7. The molecule has 0 aliphatic carbocycles. The molecule has 8 heteroatoms. The summed E-state index contributed by atoms with van der Waals surface area (Å²) in [6.07, 6.45) is 0. The molecule has 1 unspecified atom stereocenters. The van der Waals surface area contributed by atoms with E-state index in [0.29, 0.717) is 0 Å². The second-order valence-electron chi connectivity index (χ2n) is 5.36. The molecule has 1 aromatic rings. The Morgan fingerprint density at radius 3 is 2.55 bits per heavy atom. The van der Waals surface area contributed by atoms with Gasteiger partial charge in [-0.1, -0.05) is 11.6 Å². The van der Waals surface area contributed by atoms with E-state index < -0.39 is 11.0 Å². The molecule has 0 saturated carbocycles. The van der Waals surface area contributed by atoms with Crippen molar-refractivity contribution >= 4 is 29.0 Å². The normalized spacial score (nSPS) is 12.7. The van der Waals surface area contributed by atoms with E-state index in [4.69, 9.17) is 11.6 Å². The maximum Gasteiger partial charge on any atom is 0.311 e. The summed E-state index contributed by atoms with van der Waals surface area (Å²) in [6.45, 7) is 7.13. The maximum absolute atomic E-state index is 11.9. The molecule has 1 amide bonds. The van der Waals surface area contributed by atoms with E-state index in [1.807, 2.05) is 20.8 Å². The minimum Gasteiger partial charge on any atom is -0.353 e.